The fourth-order valence-electron chi connectivity index (χ4n) is 1.99. The number of methoxy groups -OCH3 is 1. The molecule has 0 saturated heterocycles. The first-order chi connectivity index (χ1) is 7.87. The predicted molar refractivity (Wildman–Crippen MR) is 51.8 cm³/mol. The SMILES string of the molecule is COc1cccc(F)c1C1(C(=O)O)CC1(F)F. The first kappa shape index (κ1) is 11.8. The van der Waals surface area contributed by atoms with Crippen molar-refractivity contribution in [1.29, 1.82) is 0 Å². The van der Waals surface area contributed by atoms with E-state index in [1.165, 1.54) is 19.2 Å². The molecule has 0 spiro atoms. The van der Waals surface area contributed by atoms with E-state index in [-0.39, 0.29) is 5.75 Å². The number of hydrogen-bond acceptors (Lipinski definition) is 2. The van der Waals surface area contributed by atoms with Gasteiger partial charge in [0.2, 0.25) is 0 Å². The highest BCUT2D eigenvalue weighted by Gasteiger charge is 2.79. The van der Waals surface area contributed by atoms with Crippen molar-refractivity contribution in [3.63, 3.8) is 0 Å². The first-order valence-electron chi connectivity index (χ1n) is 4.81. The summed E-state index contributed by atoms with van der Waals surface area (Å²) in [5, 5.41) is 8.94. The second kappa shape index (κ2) is 3.38. The molecule has 17 heavy (non-hydrogen) atoms. The predicted octanol–water partition coefficient (Wildman–Crippen LogP) is 2.20. The van der Waals surface area contributed by atoms with Crippen LogP contribution in [0, 0.1) is 5.82 Å². The number of carbonyl (C=O) groups is 1. The Bertz CT molecular complexity index is 487. The number of rotatable bonds is 3. The fraction of sp³-hybridized carbons (Fsp3) is 0.364. The third-order valence-corrected chi connectivity index (χ3v) is 2.97. The molecule has 1 aromatic rings. The highest BCUT2D eigenvalue weighted by atomic mass is 19.3. The zero-order valence-corrected chi connectivity index (χ0v) is 8.84. The van der Waals surface area contributed by atoms with Gasteiger partial charge in [-0.15, -0.1) is 0 Å². The maximum Gasteiger partial charge on any atom is 0.320 e. The van der Waals surface area contributed by atoms with E-state index < -0.39 is 35.1 Å². The molecule has 1 aromatic carbocycles. The number of carboxylic acids is 1. The Morgan fingerprint density at radius 1 is 1.47 bits per heavy atom. The van der Waals surface area contributed by atoms with E-state index in [1.54, 1.807) is 0 Å². The van der Waals surface area contributed by atoms with Crippen molar-refractivity contribution in [3.05, 3.63) is 29.6 Å². The molecule has 0 amide bonds. The lowest BCUT2D eigenvalue weighted by molar-refractivity contribution is -0.143. The van der Waals surface area contributed by atoms with Crippen LogP contribution >= 0.6 is 0 Å². The van der Waals surface area contributed by atoms with Crippen molar-refractivity contribution in [3.8, 4) is 5.75 Å². The summed E-state index contributed by atoms with van der Waals surface area (Å²) in [7, 11) is 1.17. The highest BCUT2D eigenvalue weighted by molar-refractivity contribution is 5.88. The molecule has 6 heteroatoms. The quantitative estimate of drug-likeness (QED) is 0.889. The second-order valence-electron chi connectivity index (χ2n) is 3.91. The molecule has 3 nitrogen and oxygen atoms in total. The number of alkyl halides is 2. The van der Waals surface area contributed by atoms with Crippen LogP contribution in [0.25, 0.3) is 0 Å². The topological polar surface area (TPSA) is 46.5 Å². The van der Waals surface area contributed by atoms with E-state index in [9.17, 15) is 18.0 Å². The van der Waals surface area contributed by atoms with Crippen LogP contribution in [0.4, 0.5) is 13.2 Å². The molecule has 0 aliphatic heterocycles. The van der Waals surface area contributed by atoms with Crippen LogP contribution in [0.15, 0.2) is 18.2 Å². The molecule has 1 unspecified atom stereocenters. The summed E-state index contributed by atoms with van der Waals surface area (Å²) in [5.74, 6) is -6.37. The maximum absolute atomic E-state index is 13.6. The zero-order valence-electron chi connectivity index (χ0n) is 8.84. The second-order valence-corrected chi connectivity index (χ2v) is 3.91. The van der Waals surface area contributed by atoms with Crippen molar-refractivity contribution in [2.45, 2.75) is 17.8 Å². The Labute approximate surface area is 94.8 Å². The molecule has 1 atom stereocenters. The fourth-order valence-corrected chi connectivity index (χ4v) is 1.99. The van der Waals surface area contributed by atoms with E-state index >= 15 is 0 Å². The summed E-state index contributed by atoms with van der Waals surface area (Å²) in [6, 6.07) is 3.47. The van der Waals surface area contributed by atoms with Crippen LogP contribution < -0.4 is 4.74 Å². The van der Waals surface area contributed by atoms with Crippen LogP contribution in [-0.2, 0) is 10.2 Å². The molecule has 0 aromatic heterocycles. The summed E-state index contributed by atoms with van der Waals surface area (Å²) in [5.41, 5.74) is -3.08. The lowest BCUT2D eigenvalue weighted by Crippen LogP contribution is -2.28. The Hall–Kier alpha value is -1.72. The minimum Gasteiger partial charge on any atom is -0.496 e. The van der Waals surface area contributed by atoms with Gasteiger partial charge in [0.1, 0.15) is 11.6 Å². The molecule has 0 bridgehead atoms. The van der Waals surface area contributed by atoms with E-state index in [0.29, 0.717) is 0 Å². The minimum absolute atomic E-state index is 0.176. The minimum atomic E-state index is -3.45. The van der Waals surface area contributed by atoms with Gasteiger partial charge in [-0.25, -0.2) is 13.2 Å². The molecule has 92 valence electrons. The Balaban J connectivity index is 2.65. The standard InChI is InChI=1S/C11H9F3O3/c1-17-7-4-2-3-6(12)8(7)10(9(15)16)5-11(10,13)14/h2-4H,5H2,1H3,(H,15,16). The van der Waals surface area contributed by atoms with Crippen molar-refractivity contribution < 1.29 is 27.8 Å². The van der Waals surface area contributed by atoms with E-state index in [0.717, 1.165) is 6.07 Å². The lowest BCUT2D eigenvalue weighted by Gasteiger charge is -2.16. The summed E-state index contributed by atoms with van der Waals surface area (Å²) in [6.07, 6.45) is -0.910. The zero-order chi connectivity index (χ0) is 12.8. The van der Waals surface area contributed by atoms with Gasteiger partial charge in [-0.3, -0.25) is 4.79 Å². The van der Waals surface area contributed by atoms with Crippen LogP contribution in [0.1, 0.15) is 12.0 Å². The van der Waals surface area contributed by atoms with E-state index in [1.807, 2.05) is 0 Å². The number of hydrogen-bond donors (Lipinski definition) is 1. The van der Waals surface area contributed by atoms with Gasteiger partial charge in [-0.1, -0.05) is 6.07 Å². The molecule has 0 heterocycles. The molecule has 0 radical (unpaired) electrons. The average molecular weight is 246 g/mol. The van der Waals surface area contributed by atoms with Gasteiger partial charge in [0.05, 0.1) is 12.7 Å². The first-order valence-corrected chi connectivity index (χ1v) is 4.81. The molecule has 1 fully saturated rings. The molecular formula is C11H9F3O3. The normalized spacial score (nSPS) is 25.4. The maximum atomic E-state index is 13.6. The largest absolute Gasteiger partial charge is 0.496 e. The molecule has 1 saturated carbocycles. The Morgan fingerprint density at radius 3 is 2.47 bits per heavy atom. The molecule has 1 aliphatic rings. The number of carboxylic acid groups (broad SMARTS) is 1. The van der Waals surface area contributed by atoms with Crippen LogP contribution in [-0.4, -0.2) is 24.1 Å². The smallest absolute Gasteiger partial charge is 0.320 e. The van der Waals surface area contributed by atoms with Gasteiger partial charge in [-0.2, -0.15) is 0 Å². The van der Waals surface area contributed by atoms with E-state index in [2.05, 4.69) is 0 Å². The average Bonchev–Trinajstić information content (AvgIpc) is 2.82. The van der Waals surface area contributed by atoms with Gasteiger partial charge in [-0.05, 0) is 12.1 Å². The molecule has 2 rings (SSSR count). The van der Waals surface area contributed by atoms with Crippen LogP contribution in [0.2, 0.25) is 0 Å². The van der Waals surface area contributed by atoms with Gasteiger partial charge < -0.3 is 9.84 Å². The number of aliphatic carboxylic acids is 1. The summed E-state index contributed by atoms with van der Waals surface area (Å²) < 4.78 is 44.9. The summed E-state index contributed by atoms with van der Waals surface area (Å²) in [6.45, 7) is 0. The monoisotopic (exact) mass is 246 g/mol. The Kier molecular flexibility index (Phi) is 2.34. The van der Waals surface area contributed by atoms with Crippen molar-refractivity contribution in [1.82, 2.24) is 0 Å². The number of ether oxygens (including phenoxy) is 1. The van der Waals surface area contributed by atoms with Crippen molar-refractivity contribution >= 4 is 5.97 Å². The number of halogens is 3. The van der Waals surface area contributed by atoms with Crippen molar-refractivity contribution in [2.24, 2.45) is 0 Å². The highest BCUT2D eigenvalue weighted by Crippen LogP contribution is 2.63. The molecular weight excluding hydrogens is 237 g/mol. The Morgan fingerprint density at radius 2 is 2.06 bits per heavy atom. The third-order valence-electron chi connectivity index (χ3n) is 2.97. The molecule has 1 N–H and O–H groups in total. The van der Waals surface area contributed by atoms with Gasteiger partial charge >= 0.3 is 5.97 Å². The molecule has 1 aliphatic carbocycles. The van der Waals surface area contributed by atoms with Crippen molar-refractivity contribution in [2.75, 3.05) is 7.11 Å². The lowest BCUT2D eigenvalue weighted by atomic mass is 9.93. The van der Waals surface area contributed by atoms with E-state index in [4.69, 9.17) is 9.84 Å². The van der Waals surface area contributed by atoms with Crippen LogP contribution in [0.3, 0.4) is 0 Å². The van der Waals surface area contributed by atoms with Gasteiger partial charge in [0.15, 0.2) is 5.41 Å². The summed E-state index contributed by atoms with van der Waals surface area (Å²) >= 11 is 0. The van der Waals surface area contributed by atoms with Gasteiger partial charge in [0, 0.05) is 6.42 Å². The van der Waals surface area contributed by atoms with Crippen LogP contribution in [0.5, 0.6) is 5.75 Å². The van der Waals surface area contributed by atoms with Gasteiger partial charge in [0.25, 0.3) is 5.92 Å². The summed E-state index contributed by atoms with van der Waals surface area (Å²) in [4.78, 5) is 11.0. The third kappa shape index (κ3) is 1.40. The number of benzene rings is 1.